The van der Waals surface area contributed by atoms with Crippen LogP contribution in [0.4, 0.5) is 5.13 Å². The molecule has 30 heavy (non-hydrogen) atoms. The second-order valence-electron chi connectivity index (χ2n) is 7.15. The SMILES string of the molecule is CCc1cccc2sc(N(Cc3ccco3)C(=O)c3ccc4ccccc4c3)nc12. The highest BCUT2D eigenvalue weighted by Gasteiger charge is 2.23. The van der Waals surface area contributed by atoms with E-state index in [-0.39, 0.29) is 5.91 Å². The molecule has 3 aromatic carbocycles. The summed E-state index contributed by atoms with van der Waals surface area (Å²) in [6.45, 7) is 2.45. The number of anilines is 1. The van der Waals surface area contributed by atoms with E-state index in [0.29, 0.717) is 17.2 Å². The number of carbonyl (C=O) groups is 1. The molecule has 0 saturated carbocycles. The molecule has 2 aromatic heterocycles. The summed E-state index contributed by atoms with van der Waals surface area (Å²) in [6, 6.07) is 23.8. The van der Waals surface area contributed by atoms with Crippen LogP contribution in [0, 0.1) is 0 Å². The van der Waals surface area contributed by atoms with Gasteiger partial charge < -0.3 is 4.42 Å². The van der Waals surface area contributed by atoms with Crippen molar-refractivity contribution in [3.63, 3.8) is 0 Å². The van der Waals surface area contributed by atoms with Gasteiger partial charge in [-0.25, -0.2) is 4.98 Å². The van der Waals surface area contributed by atoms with Gasteiger partial charge in [0.2, 0.25) is 0 Å². The Morgan fingerprint density at radius 1 is 1.00 bits per heavy atom. The molecule has 0 fully saturated rings. The summed E-state index contributed by atoms with van der Waals surface area (Å²) in [7, 11) is 0. The Balaban J connectivity index is 1.60. The largest absolute Gasteiger partial charge is 0.467 e. The first-order valence-electron chi connectivity index (χ1n) is 9.94. The fraction of sp³-hybridized carbons (Fsp3) is 0.120. The first kappa shape index (κ1) is 18.6. The first-order valence-corrected chi connectivity index (χ1v) is 10.8. The van der Waals surface area contributed by atoms with E-state index in [1.807, 2.05) is 60.7 Å². The monoisotopic (exact) mass is 412 g/mol. The lowest BCUT2D eigenvalue weighted by Crippen LogP contribution is -2.30. The maximum atomic E-state index is 13.6. The van der Waals surface area contributed by atoms with Gasteiger partial charge in [-0.05, 0) is 53.1 Å². The first-order chi connectivity index (χ1) is 14.7. The van der Waals surface area contributed by atoms with Crippen molar-refractivity contribution in [1.82, 2.24) is 4.98 Å². The van der Waals surface area contributed by atoms with Crippen molar-refractivity contribution < 1.29 is 9.21 Å². The van der Waals surface area contributed by atoms with Crippen molar-refractivity contribution in [2.24, 2.45) is 0 Å². The Hall–Kier alpha value is -3.44. The lowest BCUT2D eigenvalue weighted by atomic mass is 10.1. The van der Waals surface area contributed by atoms with Gasteiger partial charge in [-0.2, -0.15) is 0 Å². The highest BCUT2D eigenvalue weighted by atomic mass is 32.1. The molecule has 2 heterocycles. The molecule has 0 radical (unpaired) electrons. The van der Waals surface area contributed by atoms with Crippen LogP contribution in [0.2, 0.25) is 0 Å². The number of rotatable bonds is 5. The Bertz CT molecular complexity index is 1340. The van der Waals surface area contributed by atoms with E-state index >= 15 is 0 Å². The average Bonchev–Trinajstić information content (AvgIpc) is 3.46. The quantitative estimate of drug-likeness (QED) is 0.333. The number of furan rings is 1. The van der Waals surface area contributed by atoms with Crippen LogP contribution in [0.3, 0.4) is 0 Å². The summed E-state index contributed by atoms with van der Waals surface area (Å²) in [6.07, 6.45) is 2.53. The lowest BCUT2D eigenvalue weighted by molar-refractivity contribution is 0.0983. The molecule has 5 heteroatoms. The molecule has 0 aliphatic heterocycles. The summed E-state index contributed by atoms with van der Waals surface area (Å²) < 4.78 is 6.63. The standard InChI is InChI=1S/C25H20N2O2S/c1-2-17-9-5-11-22-23(17)26-25(30-22)27(16-21-10-6-14-29-21)24(28)20-13-12-18-7-3-4-8-19(18)15-20/h3-15H,2,16H2,1H3. The number of thiazole rings is 1. The van der Waals surface area contributed by atoms with E-state index in [1.54, 1.807) is 11.2 Å². The molecular formula is C25H20N2O2S. The van der Waals surface area contributed by atoms with Gasteiger partial charge in [0, 0.05) is 5.56 Å². The lowest BCUT2D eigenvalue weighted by Gasteiger charge is -2.19. The topological polar surface area (TPSA) is 46.3 Å². The molecule has 148 valence electrons. The fourth-order valence-corrected chi connectivity index (χ4v) is 4.67. The number of fused-ring (bicyclic) bond motifs is 2. The van der Waals surface area contributed by atoms with Crippen LogP contribution >= 0.6 is 11.3 Å². The molecule has 0 aliphatic carbocycles. The van der Waals surface area contributed by atoms with E-state index in [4.69, 9.17) is 9.40 Å². The number of benzene rings is 3. The Morgan fingerprint density at radius 2 is 1.87 bits per heavy atom. The summed E-state index contributed by atoms with van der Waals surface area (Å²) in [4.78, 5) is 20.2. The Kier molecular flexibility index (Phi) is 4.81. The maximum Gasteiger partial charge on any atom is 0.260 e. The maximum absolute atomic E-state index is 13.6. The number of aromatic nitrogens is 1. The van der Waals surface area contributed by atoms with E-state index < -0.39 is 0 Å². The molecule has 5 rings (SSSR count). The molecule has 0 bridgehead atoms. The zero-order valence-corrected chi connectivity index (χ0v) is 17.4. The summed E-state index contributed by atoms with van der Waals surface area (Å²) >= 11 is 1.54. The van der Waals surface area contributed by atoms with Crippen LogP contribution in [-0.4, -0.2) is 10.9 Å². The van der Waals surface area contributed by atoms with Crippen LogP contribution in [0.25, 0.3) is 21.0 Å². The summed E-state index contributed by atoms with van der Waals surface area (Å²) in [5, 5.41) is 2.83. The second kappa shape index (κ2) is 7.76. The molecule has 0 spiro atoms. The number of nitrogens with zero attached hydrogens (tertiary/aromatic N) is 2. The van der Waals surface area contributed by atoms with Gasteiger partial charge in [-0.3, -0.25) is 9.69 Å². The van der Waals surface area contributed by atoms with Crippen molar-refractivity contribution >= 4 is 43.4 Å². The van der Waals surface area contributed by atoms with Crippen molar-refractivity contribution in [3.8, 4) is 0 Å². The van der Waals surface area contributed by atoms with Crippen LogP contribution in [-0.2, 0) is 13.0 Å². The summed E-state index contributed by atoms with van der Waals surface area (Å²) in [5.41, 5.74) is 2.79. The minimum absolute atomic E-state index is 0.0887. The highest BCUT2D eigenvalue weighted by Crippen LogP contribution is 2.33. The molecule has 0 unspecified atom stereocenters. The van der Waals surface area contributed by atoms with Gasteiger partial charge in [-0.15, -0.1) is 0 Å². The second-order valence-corrected chi connectivity index (χ2v) is 8.16. The molecular weight excluding hydrogens is 392 g/mol. The normalized spacial score (nSPS) is 11.2. The molecule has 5 aromatic rings. The van der Waals surface area contributed by atoms with Gasteiger partial charge in [0.1, 0.15) is 5.76 Å². The molecule has 0 saturated heterocycles. The smallest absolute Gasteiger partial charge is 0.260 e. The van der Waals surface area contributed by atoms with Gasteiger partial charge in [0.05, 0.1) is 23.0 Å². The van der Waals surface area contributed by atoms with E-state index in [2.05, 4.69) is 19.1 Å². The zero-order chi connectivity index (χ0) is 20.5. The van der Waals surface area contributed by atoms with Crippen LogP contribution in [0.1, 0.15) is 28.6 Å². The molecule has 1 amide bonds. The number of hydrogen-bond acceptors (Lipinski definition) is 4. The van der Waals surface area contributed by atoms with Gasteiger partial charge in [0.25, 0.3) is 5.91 Å². The fourth-order valence-electron chi connectivity index (χ4n) is 3.66. The molecule has 0 aliphatic rings. The van der Waals surface area contributed by atoms with E-state index in [9.17, 15) is 4.79 Å². The number of para-hydroxylation sites is 1. The molecule has 0 atom stereocenters. The number of hydrogen-bond donors (Lipinski definition) is 0. The van der Waals surface area contributed by atoms with Crippen LogP contribution in [0.15, 0.2) is 83.5 Å². The van der Waals surface area contributed by atoms with Crippen LogP contribution < -0.4 is 4.90 Å². The van der Waals surface area contributed by atoms with Crippen molar-refractivity contribution in [3.05, 3.63) is 95.9 Å². The number of carbonyl (C=O) groups excluding carboxylic acids is 1. The van der Waals surface area contributed by atoms with Crippen molar-refractivity contribution in [1.29, 1.82) is 0 Å². The van der Waals surface area contributed by atoms with Gasteiger partial charge in [-0.1, -0.05) is 60.7 Å². The summed E-state index contributed by atoms with van der Waals surface area (Å²) in [5.74, 6) is 0.633. The number of aryl methyl sites for hydroxylation is 1. The third kappa shape index (κ3) is 3.37. The minimum atomic E-state index is -0.0887. The third-order valence-electron chi connectivity index (χ3n) is 5.24. The molecule has 0 N–H and O–H groups in total. The molecule has 4 nitrogen and oxygen atoms in total. The third-order valence-corrected chi connectivity index (χ3v) is 6.28. The van der Waals surface area contributed by atoms with E-state index in [0.717, 1.165) is 33.2 Å². The van der Waals surface area contributed by atoms with Crippen molar-refractivity contribution in [2.75, 3.05) is 4.90 Å². The predicted molar refractivity (Wildman–Crippen MR) is 122 cm³/mol. The Labute approximate surface area is 178 Å². The predicted octanol–water partition coefficient (Wildman–Crippen LogP) is 6.45. The van der Waals surface area contributed by atoms with Gasteiger partial charge in [0.15, 0.2) is 5.13 Å². The average molecular weight is 413 g/mol. The van der Waals surface area contributed by atoms with Crippen molar-refractivity contribution in [2.45, 2.75) is 19.9 Å². The minimum Gasteiger partial charge on any atom is -0.467 e. The van der Waals surface area contributed by atoms with Gasteiger partial charge >= 0.3 is 0 Å². The number of amides is 1. The zero-order valence-electron chi connectivity index (χ0n) is 16.5. The Morgan fingerprint density at radius 3 is 2.67 bits per heavy atom. The van der Waals surface area contributed by atoms with E-state index in [1.165, 1.54) is 16.9 Å². The highest BCUT2D eigenvalue weighted by molar-refractivity contribution is 7.22. The van der Waals surface area contributed by atoms with Crippen LogP contribution in [0.5, 0.6) is 0 Å².